The molecule has 7 nitrogen and oxygen atoms in total. The van der Waals surface area contributed by atoms with Gasteiger partial charge in [-0.25, -0.2) is 13.3 Å². The molecule has 2 heterocycles. The molecule has 1 aromatic heterocycles. The number of nitrogens with zero attached hydrogens (tertiary/aromatic N) is 2. The zero-order chi connectivity index (χ0) is 26.2. The van der Waals surface area contributed by atoms with Crippen LogP contribution >= 0.6 is 0 Å². The molecule has 5 rings (SSSR count). The van der Waals surface area contributed by atoms with Crippen molar-refractivity contribution < 1.29 is 18.0 Å². The molecule has 1 aliphatic heterocycles. The van der Waals surface area contributed by atoms with Crippen LogP contribution in [0.2, 0.25) is 0 Å². The van der Waals surface area contributed by atoms with Gasteiger partial charge in [0.2, 0.25) is 15.9 Å². The Morgan fingerprint density at radius 3 is 2.32 bits per heavy atom. The van der Waals surface area contributed by atoms with Crippen molar-refractivity contribution in [3.63, 3.8) is 0 Å². The van der Waals surface area contributed by atoms with Crippen LogP contribution < -0.4 is 4.90 Å². The Morgan fingerprint density at radius 2 is 1.62 bits per heavy atom. The topological polar surface area (TPSA) is 90.6 Å². The molecule has 8 heteroatoms. The lowest BCUT2D eigenvalue weighted by atomic mass is 10.0. The minimum atomic E-state index is -4.05. The molecule has 1 aliphatic rings. The molecule has 3 aromatic carbocycles. The molecular formula is C29H29N3O4S. The van der Waals surface area contributed by atoms with E-state index in [1.54, 1.807) is 30.3 Å². The Balaban J connectivity index is 1.48. The molecule has 1 N–H and O–H groups in total. The monoisotopic (exact) mass is 515 g/mol. The van der Waals surface area contributed by atoms with Gasteiger partial charge in [0, 0.05) is 23.6 Å². The van der Waals surface area contributed by atoms with Gasteiger partial charge in [-0.05, 0) is 53.8 Å². The molecule has 190 valence electrons. The highest BCUT2D eigenvalue weighted by Gasteiger charge is 2.46. The van der Waals surface area contributed by atoms with Gasteiger partial charge >= 0.3 is 0 Å². The molecule has 1 atom stereocenters. The number of aromatic amines is 1. The lowest BCUT2D eigenvalue weighted by Gasteiger charge is -2.27. The van der Waals surface area contributed by atoms with E-state index in [0.29, 0.717) is 18.0 Å². The normalized spacial score (nSPS) is 16.4. The van der Waals surface area contributed by atoms with E-state index in [1.165, 1.54) is 16.4 Å². The average molecular weight is 516 g/mol. The third kappa shape index (κ3) is 4.70. The summed E-state index contributed by atoms with van der Waals surface area (Å²) in [7, 11) is -4.05. The second kappa shape index (κ2) is 9.95. The summed E-state index contributed by atoms with van der Waals surface area (Å²) < 4.78 is 28.8. The number of aromatic nitrogens is 1. The number of rotatable bonds is 8. The largest absolute Gasteiger partial charge is 0.361 e. The maximum atomic E-state index is 13.8. The van der Waals surface area contributed by atoms with E-state index in [9.17, 15) is 18.0 Å². The van der Waals surface area contributed by atoms with Crippen LogP contribution in [-0.4, -0.2) is 42.1 Å². The highest BCUT2D eigenvalue weighted by atomic mass is 32.2. The van der Waals surface area contributed by atoms with Crippen LogP contribution in [0.1, 0.15) is 37.3 Å². The Bertz CT molecular complexity index is 1540. The number of nitrogens with one attached hydrogen (secondary N) is 1. The highest BCUT2D eigenvalue weighted by molar-refractivity contribution is 7.89. The first-order valence-corrected chi connectivity index (χ1v) is 13.8. The van der Waals surface area contributed by atoms with Crippen molar-refractivity contribution >= 4 is 38.4 Å². The second-order valence-corrected chi connectivity index (χ2v) is 11.5. The van der Waals surface area contributed by atoms with Crippen LogP contribution in [0.4, 0.5) is 5.69 Å². The van der Waals surface area contributed by atoms with E-state index >= 15 is 0 Å². The third-order valence-electron chi connectivity index (χ3n) is 6.91. The summed E-state index contributed by atoms with van der Waals surface area (Å²) in [5.74, 6) is -0.629. The first kappa shape index (κ1) is 24.9. The van der Waals surface area contributed by atoms with E-state index in [4.69, 9.17) is 0 Å². The van der Waals surface area contributed by atoms with Crippen molar-refractivity contribution in [3.8, 4) is 0 Å². The van der Waals surface area contributed by atoms with Crippen LogP contribution in [0.25, 0.3) is 10.9 Å². The molecule has 0 radical (unpaired) electrons. The van der Waals surface area contributed by atoms with Crippen molar-refractivity contribution in [2.45, 2.75) is 43.5 Å². The molecule has 1 unspecified atom stereocenters. The Morgan fingerprint density at radius 1 is 0.946 bits per heavy atom. The summed E-state index contributed by atoms with van der Waals surface area (Å²) in [5.41, 5.74) is 3.45. The predicted molar refractivity (Wildman–Crippen MR) is 144 cm³/mol. The number of hydrogen-bond donors (Lipinski definition) is 1. The average Bonchev–Trinajstić information content (AvgIpc) is 3.44. The summed E-state index contributed by atoms with van der Waals surface area (Å²) in [6.45, 7) is 4.19. The van der Waals surface area contributed by atoms with Crippen LogP contribution in [0.15, 0.2) is 90.0 Å². The molecule has 0 spiro atoms. The number of amides is 2. The lowest BCUT2D eigenvalue weighted by molar-refractivity contribution is -0.122. The SMILES string of the molecule is CC(C)c1ccc(N2C(=O)CC(N(CCc3c[nH]c4ccccc34)S(=O)(=O)c3ccccc3)C2=O)cc1. The maximum absolute atomic E-state index is 13.8. The Labute approximate surface area is 216 Å². The van der Waals surface area contributed by atoms with Crippen LogP contribution in [0.3, 0.4) is 0 Å². The van der Waals surface area contributed by atoms with E-state index in [-0.39, 0.29) is 17.9 Å². The number of carbonyl (C=O) groups excluding carboxylic acids is 2. The number of imide groups is 1. The van der Waals surface area contributed by atoms with Crippen molar-refractivity contribution in [1.29, 1.82) is 0 Å². The predicted octanol–water partition coefficient (Wildman–Crippen LogP) is 4.86. The number of para-hydroxylation sites is 1. The molecule has 1 saturated heterocycles. The molecule has 0 aliphatic carbocycles. The van der Waals surface area contributed by atoms with Crippen molar-refractivity contribution in [2.24, 2.45) is 0 Å². The summed E-state index contributed by atoms with van der Waals surface area (Å²) >= 11 is 0. The summed E-state index contributed by atoms with van der Waals surface area (Å²) in [5, 5.41) is 1.00. The van der Waals surface area contributed by atoms with Crippen molar-refractivity contribution in [1.82, 2.24) is 9.29 Å². The second-order valence-electron chi connectivity index (χ2n) is 9.57. The van der Waals surface area contributed by atoms with Gasteiger partial charge in [0.05, 0.1) is 17.0 Å². The molecule has 0 saturated carbocycles. The van der Waals surface area contributed by atoms with Crippen LogP contribution in [0, 0.1) is 0 Å². The molecule has 37 heavy (non-hydrogen) atoms. The zero-order valence-electron chi connectivity index (χ0n) is 20.8. The molecule has 2 amide bonds. The Hall–Kier alpha value is -3.75. The van der Waals surface area contributed by atoms with E-state index in [1.807, 2.05) is 42.6 Å². The maximum Gasteiger partial charge on any atom is 0.252 e. The lowest BCUT2D eigenvalue weighted by Crippen LogP contribution is -2.46. The fourth-order valence-electron chi connectivity index (χ4n) is 4.86. The van der Waals surface area contributed by atoms with Crippen molar-refractivity contribution in [3.05, 3.63) is 96.2 Å². The minimum absolute atomic E-state index is 0.0584. The third-order valence-corrected chi connectivity index (χ3v) is 8.84. The fraction of sp³-hybridized carbons (Fsp3) is 0.241. The van der Waals surface area contributed by atoms with Gasteiger partial charge in [0.15, 0.2) is 0 Å². The Kier molecular flexibility index (Phi) is 6.70. The zero-order valence-corrected chi connectivity index (χ0v) is 21.6. The quantitative estimate of drug-likeness (QED) is 0.340. The number of carbonyl (C=O) groups is 2. The smallest absolute Gasteiger partial charge is 0.252 e. The van der Waals surface area contributed by atoms with Gasteiger partial charge in [0.1, 0.15) is 6.04 Å². The van der Waals surface area contributed by atoms with Crippen LogP contribution in [0.5, 0.6) is 0 Å². The minimum Gasteiger partial charge on any atom is -0.361 e. The van der Waals surface area contributed by atoms with E-state index in [2.05, 4.69) is 18.8 Å². The summed E-state index contributed by atoms with van der Waals surface area (Å²) in [6, 6.07) is 22.0. The number of H-pyrrole nitrogens is 1. The fourth-order valence-corrected chi connectivity index (χ4v) is 6.46. The van der Waals surface area contributed by atoms with Gasteiger partial charge < -0.3 is 4.98 Å². The van der Waals surface area contributed by atoms with E-state index in [0.717, 1.165) is 26.9 Å². The molecule has 4 aromatic rings. The van der Waals surface area contributed by atoms with Gasteiger partial charge in [0.25, 0.3) is 5.91 Å². The first-order chi connectivity index (χ1) is 17.8. The molecule has 1 fully saturated rings. The number of benzene rings is 3. The van der Waals surface area contributed by atoms with Crippen LogP contribution in [-0.2, 0) is 26.0 Å². The molecular weight excluding hydrogens is 486 g/mol. The number of hydrogen-bond acceptors (Lipinski definition) is 4. The summed E-state index contributed by atoms with van der Waals surface area (Å²) in [4.78, 5) is 31.1. The summed E-state index contributed by atoms with van der Waals surface area (Å²) in [6.07, 6.45) is 2.05. The van der Waals surface area contributed by atoms with Gasteiger partial charge in [-0.15, -0.1) is 0 Å². The molecule has 0 bridgehead atoms. The number of sulfonamides is 1. The van der Waals surface area contributed by atoms with Gasteiger partial charge in [-0.3, -0.25) is 9.59 Å². The number of fused-ring (bicyclic) bond motifs is 1. The van der Waals surface area contributed by atoms with Gasteiger partial charge in [-0.1, -0.05) is 62.4 Å². The number of anilines is 1. The van der Waals surface area contributed by atoms with Gasteiger partial charge in [-0.2, -0.15) is 4.31 Å². The first-order valence-electron chi connectivity index (χ1n) is 12.4. The van der Waals surface area contributed by atoms with E-state index < -0.39 is 27.9 Å². The highest BCUT2D eigenvalue weighted by Crippen LogP contribution is 2.31. The standard InChI is InChI=1S/C29H29N3O4S/c1-20(2)21-12-14-23(15-13-21)32-28(33)18-27(29(32)34)31(37(35,36)24-8-4-3-5-9-24)17-16-22-19-30-26-11-7-6-10-25(22)26/h3-15,19-20,27,30H,16-18H2,1-2H3. The van der Waals surface area contributed by atoms with Crippen molar-refractivity contribution in [2.75, 3.05) is 11.4 Å².